The van der Waals surface area contributed by atoms with Crippen LogP contribution in [0.1, 0.15) is 12.5 Å². The molecule has 25 heavy (non-hydrogen) atoms. The van der Waals surface area contributed by atoms with Crippen molar-refractivity contribution >= 4 is 28.8 Å². The predicted molar refractivity (Wildman–Crippen MR) is 88.9 cm³/mol. The summed E-state index contributed by atoms with van der Waals surface area (Å²) in [6.45, 7) is 8.50. The molecule has 0 saturated carbocycles. The van der Waals surface area contributed by atoms with Crippen molar-refractivity contribution in [1.29, 1.82) is 0 Å². The summed E-state index contributed by atoms with van der Waals surface area (Å²) in [4.78, 5) is 28.6. The maximum absolute atomic E-state index is 11.2. The Labute approximate surface area is 143 Å². The fourth-order valence-corrected chi connectivity index (χ4v) is 1.94. The van der Waals surface area contributed by atoms with E-state index in [2.05, 4.69) is 15.1 Å². The summed E-state index contributed by atoms with van der Waals surface area (Å²) >= 11 is 0. The van der Waals surface area contributed by atoms with Gasteiger partial charge in [-0.15, -0.1) is 0 Å². The fraction of sp³-hybridized carbons (Fsp3) is 0.188. The molecule has 0 aliphatic carbocycles. The van der Waals surface area contributed by atoms with E-state index in [-0.39, 0.29) is 35.6 Å². The lowest BCUT2D eigenvalue weighted by Crippen LogP contribution is -2.02. The number of aromatic nitrogens is 1. The van der Waals surface area contributed by atoms with Crippen molar-refractivity contribution in [3.8, 4) is 5.88 Å². The van der Waals surface area contributed by atoms with Crippen molar-refractivity contribution < 1.29 is 19.2 Å². The molecule has 0 saturated heterocycles. The largest absolute Gasteiger partial charge is 0.490 e. The van der Waals surface area contributed by atoms with Crippen LogP contribution >= 0.6 is 0 Å². The van der Waals surface area contributed by atoms with Crippen LogP contribution in [0, 0.1) is 16.7 Å². The minimum absolute atomic E-state index is 0.00502. The molecule has 1 aromatic carbocycles. The van der Waals surface area contributed by atoms with Gasteiger partial charge in [-0.1, -0.05) is 12.1 Å². The summed E-state index contributed by atoms with van der Waals surface area (Å²) < 4.78 is 9.87. The monoisotopic (exact) mass is 342 g/mol. The van der Waals surface area contributed by atoms with Crippen molar-refractivity contribution in [2.24, 2.45) is 0 Å². The average Bonchev–Trinajstić information content (AvgIpc) is 2.60. The summed E-state index contributed by atoms with van der Waals surface area (Å²) in [5.74, 6) is -0.425. The number of nitrogens with one attached hydrogen (secondary N) is 1. The van der Waals surface area contributed by atoms with Crippen LogP contribution in [0.2, 0.25) is 0 Å². The summed E-state index contributed by atoms with van der Waals surface area (Å²) in [6.07, 6.45) is 0. The number of hydrogen-bond acceptors (Lipinski definition) is 7. The first-order chi connectivity index (χ1) is 11.9. The maximum Gasteiger partial charge on any atom is 0.302 e. The summed E-state index contributed by atoms with van der Waals surface area (Å²) in [5.41, 5.74) is 0.927. The van der Waals surface area contributed by atoms with Crippen LogP contribution in [0.4, 0.5) is 22.9 Å². The Bertz CT molecular complexity index is 843. The van der Waals surface area contributed by atoms with E-state index in [4.69, 9.17) is 16.0 Å². The van der Waals surface area contributed by atoms with E-state index < -0.39 is 4.92 Å². The van der Waals surface area contributed by atoms with Crippen LogP contribution in [0.3, 0.4) is 0 Å². The zero-order valence-electron chi connectivity index (χ0n) is 13.5. The van der Waals surface area contributed by atoms with Gasteiger partial charge in [0.05, 0.1) is 18.6 Å². The van der Waals surface area contributed by atoms with Crippen molar-refractivity contribution in [1.82, 2.24) is 4.98 Å². The number of carbonyl (C=O) groups excluding carboxylic acids is 1. The number of pyridine rings is 1. The average molecular weight is 342 g/mol. The highest BCUT2D eigenvalue weighted by atomic mass is 16.6. The van der Waals surface area contributed by atoms with Crippen LogP contribution in [0.5, 0.6) is 5.88 Å². The minimum Gasteiger partial charge on any atom is -0.490 e. The third-order valence-electron chi connectivity index (χ3n) is 3.12. The number of ether oxygens (including phenoxy) is 2. The molecule has 0 aliphatic rings. The van der Waals surface area contributed by atoms with Gasteiger partial charge in [0.2, 0.25) is 11.7 Å². The van der Waals surface area contributed by atoms with Crippen molar-refractivity contribution in [2.45, 2.75) is 13.5 Å². The van der Waals surface area contributed by atoms with Gasteiger partial charge in [0.1, 0.15) is 6.61 Å². The molecule has 1 N–H and O–H groups in total. The maximum atomic E-state index is 11.2. The lowest BCUT2D eigenvalue weighted by molar-refractivity contribution is -0.384. The minimum atomic E-state index is -0.626. The molecule has 0 spiro atoms. The molecule has 0 bridgehead atoms. The second-order valence-electron chi connectivity index (χ2n) is 4.86. The normalized spacial score (nSPS) is 9.80. The summed E-state index contributed by atoms with van der Waals surface area (Å²) in [5, 5.41) is 14.0. The second-order valence-corrected chi connectivity index (χ2v) is 4.86. The number of esters is 1. The molecule has 0 fully saturated rings. The van der Waals surface area contributed by atoms with Gasteiger partial charge in [0, 0.05) is 18.7 Å². The molecule has 0 atom stereocenters. The lowest BCUT2D eigenvalue weighted by Gasteiger charge is -2.10. The Morgan fingerprint density at radius 3 is 2.60 bits per heavy atom. The van der Waals surface area contributed by atoms with E-state index in [1.54, 1.807) is 24.3 Å². The number of nitro groups is 1. The van der Waals surface area contributed by atoms with Crippen molar-refractivity contribution in [2.75, 3.05) is 12.4 Å². The molecular formula is C16H14N4O5. The first-order valence-corrected chi connectivity index (χ1v) is 7.04. The third kappa shape index (κ3) is 4.42. The van der Waals surface area contributed by atoms with E-state index in [1.807, 2.05) is 0 Å². The van der Waals surface area contributed by atoms with Crippen LogP contribution in [0.25, 0.3) is 4.85 Å². The van der Waals surface area contributed by atoms with E-state index >= 15 is 0 Å². The molecule has 1 aromatic heterocycles. The van der Waals surface area contributed by atoms with Crippen LogP contribution in [-0.2, 0) is 16.1 Å². The molecule has 0 unspecified atom stereocenters. The first kappa shape index (κ1) is 17.7. The van der Waals surface area contributed by atoms with Gasteiger partial charge in [0.25, 0.3) is 5.69 Å². The molecule has 9 heteroatoms. The highest BCUT2D eigenvalue weighted by Gasteiger charge is 2.21. The number of methoxy groups -OCH3 is 1. The molecular weight excluding hydrogens is 328 g/mol. The van der Waals surface area contributed by atoms with Gasteiger partial charge in [-0.25, -0.2) is 4.85 Å². The Hall–Kier alpha value is -3.67. The number of hydrogen-bond donors (Lipinski definition) is 1. The Morgan fingerprint density at radius 1 is 1.40 bits per heavy atom. The van der Waals surface area contributed by atoms with Crippen molar-refractivity contribution in [3.63, 3.8) is 0 Å². The van der Waals surface area contributed by atoms with E-state index in [0.717, 1.165) is 11.6 Å². The molecule has 1 heterocycles. The number of anilines is 2. The van der Waals surface area contributed by atoms with Crippen molar-refractivity contribution in [3.05, 3.63) is 57.4 Å². The molecule has 0 amide bonds. The first-order valence-electron chi connectivity index (χ1n) is 7.04. The molecule has 128 valence electrons. The topological polar surface area (TPSA) is 108 Å². The molecule has 0 aliphatic heterocycles. The molecule has 2 rings (SSSR count). The smallest absolute Gasteiger partial charge is 0.302 e. The Kier molecular flexibility index (Phi) is 5.47. The van der Waals surface area contributed by atoms with Crippen LogP contribution < -0.4 is 10.1 Å². The SMILES string of the molecule is [C-]#[N+]c1cc([N+](=O)[O-])c(Nc2ccc(COC(C)=O)cc2)nc1OC. The van der Waals surface area contributed by atoms with E-state index in [9.17, 15) is 14.9 Å². The van der Waals surface area contributed by atoms with Gasteiger partial charge < -0.3 is 14.8 Å². The van der Waals surface area contributed by atoms with Gasteiger partial charge in [-0.2, -0.15) is 4.98 Å². The standard InChI is InChI=1S/C16H14N4O5/c1-10(21)25-9-11-4-6-12(7-5-11)18-15-14(20(22)23)8-13(17-2)16(19-15)24-3/h4-8H,9H2,1,3H3,(H,18,19). The Morgan fingerprint density at radius 2 is 2.08 bits per heavy atom. The molecule has 9 nitrogen and oxygen atoms in total. The molecule has 0 radical (unpaired) electrons. The zero-order valence-corrected chi connectivity index (χ0v) is 13.5. The Balaban J connectivity index is 2.28. The van der Waals surface area contributed by atoms with Gasteiger partial charge in [0.15, 0.2) is 0 Å². The lowest BCUT2D eigenvalue weighted by atomic mass is 10.2. The summed E-state index contributed by atoms with van der Waals surface area (Å²) in [6, 6.07) is 7.86. The quantitative estimate of drug-likeness (QED) is 0.371. The van der Waals surface area contributed by atoms with Crippen LogP contribution in [-0.4, -0.2) is 23.0 Å². The van der Waals surface area contributed by atoms with Gasteiger partial charge in [-0.05, 0) is 17.7 Å². The van der Waals surface area contributed by atoms with E-state index in [0.29, 0.717) is 5.69 Å². The van der Waals surface area contributed by atoms with Gasteiger partial charge >= 0.3 is 11.7 Å². The number of rotatable bonds is 6. The van der Waals surface area contributed by atoms with Crippen LogP contribution in [0.15, 0.2) is 30.3 Å². The third-order valence-corrected chi connectivity index (χ3v) is 3.12. The fourth-order valence-electron chi connectivity index (χ4n) is 1.94. The predicted octanol–water partition coefficient (Wildman–Crippen LogP) is 3.36. The zero-order chi connectivity index (χ0) is 18.4. The highest BCUT2D eigenvalue weighted by Crippen LogP contribution is 2.35. The number of benzene rings is 1. The summed E-state index contributed by atoms with van der Waals surface area (Å²) in [7, 11) is 1.33. The number of nitrogens with zero attached hydrogens (tertiary/aromatic N) is 3. The van der Waals surface area contributed by atoms with Gasteiger partial charge in [-0.3, -0.25) is 14.9 Å². The van der Waals surface area contributed by atoms with E-state index in [1.165, 1.54) is 14.0 Å². The molecule has 2 aromatic rings. The second kappa shape index (κ2) is 7.74. The number of carbonyl (C=O) groups is 1. The highest BCUT2D eigenvalue weighted by molar-refractivity contribution is 5.72.